The first-order valence-corrected chi connectivity index (χ1v) is 6.08. The molecule has 16 heavy (non-hydrogen) atoms. The molecule has 0 radical (unpaired) electrons. The average molecular weight is 220 g/mol. The van der Waals surface area contributed by atoms with Gasteiger partial charge in [0.25, 0.3) is 0 Å². The Kier molecular flexibility index (Phi) is 3.49. The van der Waals surface area contributed by atoms with E-state index < -0.39 is 6.10 Å². The monoisotopic (exact) mass is 220 g/mol. The molecule has 2 nitrogen and oxygen atoms in total. The standard InChI is InChI=1S/C14H20O2/c1-10-6-7-14(13(8-10)11(2)15)16-9-12-4-3-5-12/h6-8,11-12,15H,3-5,9H2,1-2H3. The zero-order valence-electron chi connectivity index (χ0n) is 10.1. The lowest BCUT2D eigenvalue weighted by Crippen LogP contribution is -2.19. The minimum Gasteiger partial charge on any atom is -0.493 e. The van der Waals surface area contributed by atoms with Gasteiger partial charge in [-0.1, -0.05) is 18.1 Å². The summed E-state index contributed by atoms with van der Waals surface area (Å²) >= 11 is 0. The molecule has 1 aromatic rings. The largest absolute Gasteiger partial charge is 0.493 e. The summed E-state index contributed by atoms with van der Waals surface area (Å²) in [4.78, 5) is 0. The fraction of sp³-hybridized carbons (Fsp3) is 0.571. The molecule has 88 valence electrons. The molecule has 1 N–H and O–H groups in total. The first-order valence-electron chi connectivity index (χ1n) is 6.08. The molecular weight excluding hydrogens is 200 g/mol. The normalized spacial score (nSPS) is 17.9. The van der Waals surface area contributed by atoms with Crippen LogP contribution in [0.1, 0.15) is 43.4 Å². The van der Waals surface area contributed by atoms with Crippen LogP contribution in [-0.4, -0.2) is 11.7 Å². The van der Waals surface area contributed by atoms with Gasteiger partial charge in [0.1, 0.15) is 5.75 Å². The number of aryl methyl sites for hydroxylation is 1. The smallest absolute Gasteiger partial charge is 0.125 e. The second-order valence-corrected chi connectivity index (χ2v) is 4.83. The molecule has 1 atom stereocenters. The third-order valence-electron chi connectivity index (χ3n) is 3.31. The fourth-order valence-electron chi connectivity index (χ4n) is 1.99. The first-order chi connectivity index (χ1) is 7.66. The highest BCUT2D eigenvalue weighted by molar-refractivity contribution is 5.38. The highest BCUT2D eigenvalue weighted by atomic mass is 16.5. The quantitative estimate of drug-likeness (QED) is 0.844. The molecular formula is C14H20O2. The van der Waals surface area contributed by atoms with E-state index in [9.17, 15) is 5.11 Å². The van der Waals surface area contributed by atoms with Crippen LogP contribution >= 0.6 is 0 Å². The Labute approximate surface area is 97.3 Å². The van der Waals surface area contributed by atoms with Gasteiger partial charge in [-0.2, -0.15) is 0 Å². The van der Waals surface area contributed by atoms with Crippen molar-refractivity contribution < 1.29 is 9.84 Å². The summed E-state index contributed by atoms with van der Waals surface area (Å²) in [6, 6.07) is 6.00. The molecule has 1 saturated carbocycles. The predicted molar refractivity (Wildman–Crippen MR) is 64.6 cm³/mol. The van der Waals surface area contributed by atoms with E-state index in [1.54, 1.807) is 6.92 Å². The van der Waals surface area contributed by atoms with Crippen LogP contribution in [0.25, 0.3) is 0 Å². The second kappa shape index (κ2) is 4.88. The molecule has 1 aliphatic rings. The van der Waals surface area contributed by atoms with Crippen molar-refractivity contribution in [1.82, 2.24) is 0 Å². The van der Waals surface area contributed by atoms with Gasteiger partial charge in [-0.25, -0.2) is 0 Å². The maximum absolute atomic E-state index is 9.69. The SMILES string of the molecule is Cc1ccc(OCC2CCC2)c(C(C)O)c1. The lowest BCUT2D eigenvalue weighted by atomic mass is 9.86. The molecule has 0 heterocycles. The minimum atomic E-state index is -0.462. The Hall–Kier alpha value is -1.02. The molecule has 1 unspecified atom stereocenters. The number of hydrogen-bond acceptors (Lipinski definition) is 2. The number of aliphatic hydroxyl groups excluding tert-OH is 1. The van der Waals surface area contributed by atoms with Crippen LogP contribution < -0.4 is 4.74 Å². The molecule has 0 aliphatic heterocycles. The van der Waals surface area contributed by atoms with Gasteiger partial charge in [0.05, 0.1) is 12.7 Å². The molecule has 1 aromatic carbocycles. The van der Waals surface area contributed by atoms with Crippen molar-refractivity contribution in [2.75, 3.05) is 6.61 Å². The highest BCUT2D eigenvalue weighted by Gasteiger charge is 2.19. The molecule has 2 heteroatoms. The summed E-state index contributed by atoms with van der Waals surface area (Å²) in [6.45, 7) is 4.61. The van der Waals surface area contributed by atoms with Crippen molar-refractivity contribution in [3.05, 3.63) is 29.3 Å². The fourth-order valence-corrected chi connectivity index (χ4v) is 1.99. The summed E-state index contributed by atoms with van der Waals surface area (Å²) in [6.07, 6.45) is 3.45. The van der Waals surface area contributed by atoms with Crippen molar-refractivity contribution in [2.24, 2.45) is 5.92 Å². The molecule has 1 fully saturated rings. The maximum atomic E-state index is 9.69. The Balaban J connectivity index is 2.05. The third kappa shape index (κ3) is 2.56. The van der Waals surface area contributed by atoms with E-state index in [0.29, 0.717) is 0 Å². The molecule has 0 spiro atoms. The van der Waals surface area contributed by atoms with Gasteiger partial charge in [0, 0.05) is 5.56 Å². The van der Waals surface area contributed by atoms with Gasteiger partial charge in [-0.05, 0) is 44.7 Å². The second-order valence-electron chi connectivity index (χ2n) is 4.83. The van der Waals surface area contributed by atoms with E-state index >= 15 is 0 Å². The van der Waals surface area contributed by atoms with Gasteiger partial charge >= 0.3 is 0 Å². The van der Waals surface area contributed by atoms with E-state index in [2.05, 4.69) is 0 Å². The summed E-state index contributed by atoms with van der Waals surface area (Å²) in [5, 5.41) is 9.69. The average Bonchev–Trinajstić information content (AvgIpc) is 2.17. The lowest BCUT2D eigenvalue weighted by molar-refractivity contribution is 0.164. The van der Waals surface area contributed by atoms with E-state index in [0.717, 1.165) is 29.4 Å². The topological polar surface area (TPSA) is 29.5 Å². The predicted octanol–water partition coefficient (Wildman–Crippen LogP) is 3.23. The Morgan fingerprint density at radius 1 is 1.44 bits per heavy atom. The molecule has 0 amide bonds. The van der Waals surface area contributed by atoms with Crippen molar-refractivity contribution in [2.45, 2.75) is 39.2 Å². The Morgan fingerprint density at radius 3 is 2.75 bits per heavy atom. The van der Waals surface area contributed by atoms with Crippen LogP contribution in [0, 0.1) is 12.8 Å². The lowest BCUT2D eigenvalue weighted by Gasteiger charge is -2.26. The molecule has 0 aromatic heterocycles. The molecule has 0 saturated heterocycles. The number of aliphatic hydroxyl groups is 1. The van der Waals surface area contributed by atoms with Crippen LogP contribution in [0.4, 0.5) is 0 Å². The van der Waals surface area contributed by atoms with Crippen molar-refractivity contribution in [3.8, 4) is 5.75 Å². The number of hydrogen-bond donors (Lipinski definition) is 1. The van der Waals surface area contributed by atoms with Crippen LogP contribution in [0.2, 0.25) is 0 Å². The van der Waals surface area contributed by atoms with Gasteiger partial charge < -0.3 is 9.84 Å². The Bertz CT molecular complexity index is 354. The molecule has 2 rings (SSSR count). The van der Waals surface area contributed by atoms with E-state index in [4.69, 9.17) is 4.74 Å². The molecule has 0 bridgehead atoms. The first kappa shape index (κ1) is 11.5. The van der Waals surface area contributed by atoms with Crippen LogP contribution in [-0.2, 0) is 0 Å². The summed E-state index contributed by atoms with van der Waals surface area (Å²) < 4.78 is 5.80. The van der Waals surface area contributed by atoms with Gasteiger partial charge in [-0.3, -0.25) is 0 Å². The van der Waals surface area contributed by atoms with Gasteiger partial charge in [-0.15, -0.1) is 0 Å². The van der Waals surface area contributed by atoms with E-state index in [1.807, 2.05) is 25.1 Å². The summed E-state index contributed by atoms with van der Waals surface area (Å²) in [5.41, 5.74) is 2.06. The Morgan fingerprint density at radius 2 is 2.19 bits per heavy atom. The number of rotatable bonds is 4. The van der Waals surface area contributed by atoms with E-state index in [-0.39, 0.29) is 0 Å². The molecule has 1 aliphatic carbocycles. The maximum Gasteiger partial charge on any atom is 0.125 e. The highest BCUT2D eigenvalue weighted by Crippen LogP contribution is 2.30. The van der Waals surface area contributed by atoms with E-state index in [1.165, 1.54) is 19.3 Å². The van der Waals surface area contributed by atoms with Crippen LogP contribution in [0.3, 0.4) is 0 Å². The van der Waals surface area contributed by atoms with Crippen molar-refractivity contribution >= 4 is 0 Å². The number of ether oxygens (including phenoxy) is 1. The summed E-state index contributed by atoms with van der Waals surface area (Å²) in [5.74, 6) is 1.57. The van der Waals surface area contributed by atoms with Crippen LogP contribution in [0.5, 0.6) is 5.75 Å². The zero-order chi connectivity index (χ0) is 11.5. The third-order valence-corrected chi connectivity index (χ3v) is 3.31. The van der Waals surface area contributed by atoms with Gasteiger partial charge in [0.2, 0.25) is 0 Å². The number of benzene rings is 1. The van der Waals surface area contributed by atoms with Crippen molar-refractivity contribution in [3.63, 3.8) is 0 Å². The van der Waals surface area contributed by atoms with Crippen LogP contribution in [0.15, 0.2) is 18.2 Å². The van der Waals surface area contributed by atoms with Crippen molar-refractivity contribution in [1.29, 1.82) is 0 Å². The van der Waals surface area contributed by atoms with Gasteiger partial charge in [0.15, 0.2) is 0 Å². The summed E-state index contributed by atoms with van der Waals surface area (Å²) in [7, 11) is 0. The zero-order valence-corrected chi connectivity index (χ0v) is 10.1. The minimum absolute atomic E-state index is 0.462.